The van der Waals surface area contributed by atoms with Gasteiger partial charge in [-0.25, -0.2) is 0 Å². The number of nitrogens with one attached hydrogen (secondary N) is 1. The van der Waals surface area contributed by atoms with Crippen molar-refractivity contribution in [2.45, 2.75) is 18.9 Å². The lowest BCUT2D eigenvalue weighted by Crippen LogP contribution is -2.32. The van der Waals surface area contributed by atoms with Gasteiger partial charge in [-0.3, -0.25) is 9.78 Å². The zero-order valence-corrected chi connectivity index (χ0v) is 12.3. The smallest absolute Gasteiger partial charge is 0.221 e. The number of aryl methyl sites for hydroxylation is 1. The van der Waals surface area contributed by atoms with Crippen molar-refractivity contribution in [1.82, 2.24) is 15.5 Å². The van der Waals surface area contributed by atoms with Gasteiger partial charge >= 0.3 is 0 Å². The summed E-state index contributed by atoms with van der Waals surface area (Å²) in [6.07, 6.45) is 2.40. The highest BCUT2D eigenvalue weighted by molar-refractivity contribution is 6.29. The van der Waals surface area contributed by atoms with Crippen molar-refractivity contribution < 1.29 is 14.1 Å². The molecule has 0 aromatic carbocycles. The minimum atomic E-state index is -0.276. The Balaban J connectivity index is 1.89. The van der Waals surface area contributed by atoms with Gasteiger partial charge in [0, 0.05) is 32.2 Å². The van der Waals surface area contributed by atoms with Crippen LogP contribution in [0.3, 0.4) is 0 Å². The Morgan fingerprint density at radius 3 is 3.00 bits per heavy atom. The lowest BCUT2D eigenvalue weighted by atomic mass is 10.1. The van der Waals surface area contributed by atoms with Crippen molar-refractivity contribution in [3.63, 3.8) is 0 Å². The first-order chi connectivity index (χ1) is 10.2. The number of nitrogens with zero attached hydrogens (tertiary/aromatic N) is 2. The first kappa shape index (κ1) is 15.5. The van der Waals surface area contributed by atoms with Gasteiger partial charge in [0.05, 0.1) is 18.3 Å². The highest BCUT2D eigenvalue weighted by atomic mass is 35.5. The zero-order chi connectivity index (χ0) is 15.1. The average molecular weight is 310 g/mol. The summed E-state index contributed by atoms with van der Waals surface area (Å²) in [4.78, 5) is 16.2. The second-order valence-corrected chi connectivity index (χ2v) is 4.83. The van der Waals surface area contributed by atoms with Crippen LogP contribution in [0.15, 0.2) is 35.0 Å². The molecule has 0 spiro atoms. The Bertz CT molecular complexity index is 574. The second kappa shape index (κ2) is 7.75. The Labute approximate surface area is 127 Å². The minimum Gasteiger partial charge on any atom is -0.382 e. The lowest BCUT2D eigenvalue weighted by Gasteiger charge is -2.17. The van der Waals surface area contributed by atoms with Gasteiger partial charge in [0.25, 0.3) is 0 Å². The first-order valence-corrected chi connectivity index (χ1v) is 6.87. The van der Waals surface area contributed by atoms with Gasteiger partial charge in [-0.15, -0.1) is 0 Å². The second-order valence-electron chi connectivity index (χ2n) is 4.45. The van der Waals surface area contributed by atoms with Crippen LogP contribution in [0.2, 0.25) is 5.15 Å². The van der Waals surface area contributed by atoms with Crippen LogP contribution < -0.4 is 5.32 Å². The highest BCUT2D eigenvalue weighted by Gasteiger charge is 2.16. The van der Waals surface area contributed by atoms with Gasteiger partial charge < -0.3 is 14.6 Å². The molecule has 0 bridgehead atoms. The molecule has 0 saturated carbocycles. The van der Waals surface area contributed by atoms with E-state index >= 15 is 0 Å². The normalized spacial score (nSPS) is 12.1. The maximum atomic E-state index is 12.0. The fraction of sp³-hybridized carbons (Fsp3) is 0.357. The molecule has 1 N–H and O–H groups in total. The molecule has 112 valence electrons. The van der Waals surface area contributed by atoms with Crippen molar-refractivity contribution in [2.75, 3.05) is 13.7 Å². The quantitative estimate of drug-likeness (QED) is 0.848. The molecule has 0 saturated heterocycles. The number of ether oxygens (including phenoxy) is 1. The van der Waals surface area contributed by atoms with Crippen molar-refractivity contribution in [2.24, 2.45) is 0 Å². The van der Waals surface area contributed by atoms with E-state index < -0.39 is 0 Å². The van der Waals surface area contributed by atoms with E-state index in [2.05, 4.69) is 15.5 Å². The van der Waals surface area contributed by atoms with Crippen LogP contribution in [0.25, 0.3) is 0 Å². The topological polar surface area (TPSA) is 77.2 Å². The molecular formula is C14H16ClN3O3. The van der Waals surface area contributed by atoms with E-state index in [9.17, 15) is 4.79 Å². The minimum absolute atomic E-state index is 0.116. The molecule has 1 amide bonds. The van der Waals surface area contributed by atoms with E-state index in [1.54, 1.807) is 19.4 Å². The van der Waals surface area contributed by atoms with Crippen molar-refractivity contribution in [3.05, 3.63) is 47.1 Å². The molecule has 0 aliphatic rings. The van der Waals surface area contributed by atoms with Crippen LogP contribution in [-0.4, -0.2) is 29.8 Å². The highest BCUT2D eigenvalue weighted by Crippen LogP contribution is 2.12. The monoisotopic (exact) mass is 309 g/mol. The number of methoxy groups -OCH3 is 1. The van der Waals surface area contributed by atoms with E-state index in [1.165, 1.54) is 0 Å². The standard InChI is InChI=1S/C14H16ClN3O3/c1-20-9-12(11-4-2-3-7-16-11)17-14(19)6-5-10-8-13(15)18-21-10/h2-4,7-8,12H,5-6,9H2,1H3,(H,17,19)/t12-/m1/s1. The molecule has 21 heavy (non-hydrogen) atoms. The number of carbonyl (C=O) groups is 1. The third-order valence-corrected chi connectivity index (χ3v) is 3.02. The number of carbonyl (C=O) groups excluding carboxylic acids is 1. The molecule has 2 rings (SSSR count). The third kappa shape index (κ3) is 4.84. The average Bonchev–Trinajstić information content (AvgIpc) is 2.91. The number of halogens is 1. The van der Waals surface area contributed by atoms with Gasteiger partial charge in [-0.1, -0.05) is 22.8 Å². The molecule has 1 atom stereocenters. The lowest BCUT2D eigenvalue weighted by molar-refractivity contribution is -0.122. The summed E-state index contributed by atoms with van der Waals surface area (Å²) in [6, 6.07) is 6.86. The van der Waals surface area contributed by atoms with Crippen molar-refractivity contribution >= 4 is 17.5 Å². The summed E-state index contributed by atoms with van der Waals surface area (Å²) in [6.45, 7) is 0.358. The summed E-state index contributed by atoms with van der Waals surface area (Å²) in [7, 11) is 1.58. The number of aromatic nitrogens is 2. The van der Waals surface area contributed by atoms with E-state index in [1.807, 2.05) is 18.2 Å². The SMILES string of the molecule is COC[C@@H](NC(=O)CCc1cc(Cl)no1)c1ccccn1. The Hall–Kier alpha value is -1.92. The van der Waals surface area contributed by atoms with Crippen LogP contribution in [0.1, 0.15) is 23.9 Å². The molecule has 0 aliphatic carbocycles. The number of hydrogen-bond donors (Lipinski definition) is 1. The number of rotatable bonds is 7. The molecule has 2 aromatic rings. The molecule has 0 aliphatic heterocycles. The third-order valence-electron chi connectivity index (χ3n) is 2.84. The van der Waals surface area contributed by atoms with Crippen LogP contribution in [0.5, 0.6) is 0 Å². The van der Waals surface area contributed by atoms with Crippen LogP contribution >= 0.6 is 11.6 Å². The predicted molar refractivity (Wildman–Crippen MR) is 76.8 cm³/mol. The van der Waals surface area contributed by atoms with Gasteiger partial charge in [0.2, 0.25) is 5.91 Å². The van der Waals surface area contributed by atoms with E-state index in [-0.39, 0.29) is 23.5 Å². The summed E-state index contributed by atoms with van der Waals surface area (Å²) in [5.41, 5.74) is 0.760. The summed E-state index contributed by atoms with van der Waals surface area (Å²) in [5.74, 6) is 0.464. The van der Waals surface area contributed by atoms with Crippen molar-refractivity contribution in [1.29, 1.82) is 0 Å². The first-order valence-electron chi connectivity index (χ1n) is 6.49. The van der Waals surface area contributed by atoms with Gasteiger partial charge in [0.1, 0.15) is 5.76 Å². The fourth-order valence-electron chi connectivity index (χ4n) is 1.86. The summed E-state index contributed by atoms with van der Waals surface area (Å²) < 4.78 is 10.1. The predicted octanol–water partition coefficient (Wildman–Crippen LogP) is 2.16. The van der Waals surface area contributed by atoms with E-state index in [4.69, 9.17) is 20.9 Å². The van der Waals surface area contributed by atoms with Gasteiger partial charge in [0.15, 0.2) is 5.15 Å². The largest absolute Gasteiger partial charge is 0.382 e. The van der Waals surface area contributed by atoms with Crippen molar-refractivity contribution in [3.8, 4) is 0 Å². The molecule has 7 heteroatoms. The molecular weight excluding hydrogens is 294 g/mol. The molecule has 2 aromatic heterocycles. The van der Waals surface area contributed by atoms with Crippen LogP contribution in [-0.2, 0) is 16.0 Å². The molecule has 2 heterocycles. The summed E-state index contributed by atoms with van der Waals surface area (Å²) in [5, 5.41) is 6.74. The molecule has 0 unspecified atom stereocenters. The number of amides is 1. The fourth-order valence-corrected chi connectivity index (χ4v) is 2.01. The van der Waals surface area contributed by atoms with Crippen LogP contribution in [0, 0.1) is 0 Å². The van der Waals surface area contributed by atoms with Gasteiger partial charge in [-0.05, 0) is 12.1 Å². The Morgan fingerprint density at radius 1 is 1.52 bits per heavy atom. The zero-order valence-electron chi connectivity index (χ0n) is 11.6. The van der Waals surface area contributed by atoms with Gasteiger partial charge in [-0.2, -0.15) is 0 Å². The molecule has 0 fully saturated rings. The maximum absolute atomic E-state index is 12.0. The molecule has 6 nitrogen and oxygen atoms in total. The number of pyridine rings is 1. The number of hydrogen-bond acceptors (Lipinski definition) is 5. The van der Waals surface area contributed by atoms with E-state index in [0.29, 0.717) is 18.8 Å². The maximum Gasteiger partial charge on any atom is 0.221 e. The van der Waals surface area contributed by atoms with E-state index in [0.717, 1.165) is 5.69 Å². The Kier molecular flexibility index (Phi) is 5.71. The van der Waals surface area contributed by atoms with Crippen LogP contribution in [0.4, 0.5) is 0 Å². The summed E-state index contributed by atoms with van der Waals surface area (Å²) >= 11 is 5.65. The molecule has 0 radical (unpaired) electrons. The Morgan fingerprint density at radius 2 is 2.38 bits per heavy atom.